The minimum absolute atomic E-state index is 0.0777. The Morgan fingerprint density at radius 2 is 2.21 bits per heavy atom. The minimum atomic E-state index is -3.14. The van der Waals surface area contributed by atoms with E-state index in [9.17, 15) is 18.4 Å². The Bertz CT molecular complexity index is 537. The van der Waals surface area contributed by atoms with Crippen molar-refractivity contribution in [1.29, 1.82) is 5.26 Å². The summed E-state index contributed by atoms with van der Waals surface area (Å²) in [6.45, 7) is -1.49. The van der Waals surface area contributed by atoms with Crippen LogP contribution in [0.15, 0.2) is 12.1 Å². The number of rotatable bonds is 5. The summed E-state index contributed by atoms with van der Waals surface area (Å²) in [5.74, 6) is -1.28. The molecule has 1 rings (SSSR count). The molecule has 0 aromatic heterocycles. The first-order valence-corrected chi connectivity index (χ1v) is 5.19. The molecule has 0 saturated heterocycles. The van der Waals surface area contributed by atoms with E-state index in [0.29, 0.717) is 0 Å². The third-order valence-electron chi connectivity index (χ3n) is 2.15. The predicted molar refractivity (Wildman–Crippen MR) is 59.1 cm³/mol. The number of ether oxygens (including phenoxy) is 2. The van der Waals surface area contributed by atoms with Gasteiger partial charge in [-0.3, -0.25) is 4.79 Å². The number of carbonyl (C=O) groups excluding carboxylic acids is 2. The monoisotopic (exact) mass is 269 g/mol. The van der Waals surface area contributed by atoms with E-state index >= 15 is 0 Å². The number of alkyl halides is 2. The van der Waals surface area contributed by atoms with Gasteiger partial charge >= 0.3 is 12.6 Å². The zero-order valence-electron chi connectivity index (χ0n) is 9.85. The van der Waals surface area contributed by atoms with Crippen LogP contribution in [-0.2, 0) is 4.74 Å². The Morgan fingerprint density at radius 1 is 1.53 bits per heavy atom. The van der Waals surface area contributed by atoms with Gasteiger partial charge in [-0.25, -0.2) is 4.79 Å². The van der Waals surface area contributed by atoms with Crippen LogP contribution in [0.4, 0.5) is 8.78 Å². The van der Waals surface area contributed by atoms with Crippen LogP contribution in [0.1, 0.15) is 33.2 Å². The fraction of sp³-hybridized carbons (Fsp3) is 0.250. The number of nitrogens with zero attached hydrogens (tertiary/aromatic N) is 1. The van der Waals surface area contributed by atoms with E-state index in [1.165, 1.54) is 0 Å². The van der Waals surface area contributed by atoms with E-state index in [2.05, 4.69) is 4.74 Å². The molecular formula is C12H9F2NO4. The van der Waals surface area contributed by atoms with Gasteiger partial charge < -0.3 is 9.47 Å². The Labute approximate surface area is 107 Å². The molecule has 0 aliphatic heterocycles. The number of aldehydes is 1. The molecule has 100 valence electrons. The molecule has 0 saturated carbocycles. The zero-order chi connectivity index (χ0) is 14.4. The third-order valence-corrected chi connectivity index (χ3v) is 2.15. The van der Waals surface area contributed by atoms with Gasteiger partial charge in [-0.2, -0.15) is 14.0 Å². The summed E-state index contributed by atoms with van der Waals surface area (Å²) in [6.07, 6.45) is 0.225. The van der Waals surface area contributed by atoms with Crippen molar-refractivity contribution in [3.63, 3.8) is 0 Å². The summed E-state index contributed by atoms with van der Waals surface area (Å²) >= 11 is 0. The Morgan fingerprint density at radius 3 is 2.68 bits per heavy atom. The molecule has 0 heterocycles. The second-order valence-electron chi connectivity index (χ2n) is 3.23. The van der Waals surface area contributed by atoms with Crippen molar-refractivity contribution < 1.29 is 27.8 Å². The van der Waals surface area contributed by atoms with Gasteiger partial charge in [0.25, 0.3) is 0 Å². The fourth-order valence-electron chi connectivity index (χ4n) is 1.42. The van der Waals surface area contributed by atoms with Crippen molar-refractivity contribution in [1.82, 2.24) is 0 Å². The lowest BCUT2D eigenvalue weighted by molar-refractivity contribution is -0.0500. The van der Waals surface area contributed by atoms with E-state index in [-0.39, 0.29) is 24.0 Å². The highest BCUT2D eigenvalue weighted by Crippen LogP contribution is 2.26. The Hall–Kier alpha value is -2.49. The third kappa shape index (κ3) is 3.25. The fourth-order valence-corrected chi connectivity index (χ4v) is 1.42. The number of carbonyl (C=O) groups is 2. The molecule has 0 spiro atoms. The molecule has 0 N–H and O–H groups in total. The van der Waals surface area contributed by atoms with Gasteiger partial charge in [0, 0.05) is 0 Å². The summed E-state index contributed by atoms with van der Waals surface area (Å²) in [6, 6.07) is 3.68. The standard InChI is InChI=1S/C12H9F2NO4/c1-2-18-11(17)7-3-4-10(19-12(13)14)8(5-15)9(7)6-16/h3-4,6,12H,2H2,1H3. The van der Waals surface area contributed by atoms with Crippen molar-refractivity contribution in [2.24, 2.45) is 0 Å². The molecule has 0 aliphatic carbocycles. The first-order valence-electron chi connectivity index (χ1n) is 5.19. The van der Waals surface area contributed by atoms with Crippen LogP contribution in [-0.4, -0.2) is 25.5 Å². The van der Waals surface area contributed by atoms with Crippen molar-refractivity contribution in [3.8, 4) is 11.8 Å². The molecule has 19 heavy (non-hydrogen) atoms. The maximum absolute atomic E-state index is 12.1. The van der Waals surface area contributed by atoms with Crippen molar-refractivity contribution in [3.05, 3.63) is 28.8 Å². The molecule has 0 amide bonds. The number of hydrogen-bond donors (Lipinski definition) is 0. The molecule has 0 fully saturated rings. The number of halogens is 2. The predicted octanol–water partition coefficient (Wildman–Crippen LogP) is 2.15. The van der Waals surface area contributed by atoms with E-state index in [1.54, 1.807) is 13.0 Å². The van der Waals surface area contributed by atoms with Gasteiger partial charge in [0.05, 0.1) is 17.7 Å². The molecule has 0 bridgehead atoms. The van der Waals surface area contributed by atoms with Crippen LogP contribution in [0.3, 0.4) is 0 Å². The highest BCUT2D eigenvalue weighted by Gasteiger charge is 2.21. The van der Waals surface area contributed by atoms with Gasteiger partial charge in [0.2, 0.25) is 0 Å². The summed E-state index contributed by atoms with van der Waals surface area (Å²) in [7, 11) is 0. The van der Waals surface area contributed by atoms with Crippen molar-refractivity contribution in [2.45, 2.75) is 13.5 Å². The first kappa shape index (κ1) is 14.6. The Balaban J connectivity index is 3.35. The SMILES string of the molecule is CCOC(=O)c1ccc(OC(F)F)c(C#N)c1C=O. The van der Waals surface area contributed by atoms with Gasteiger partial charge in [0.1, 0.15) is 17.4 Å². The molecule has 0 radical (unpaired) electrons. The van der Waals surface area contributed by atoms with E-state index in [1.807, 2.05) is 0 Å². The van der Waals surface area contributed by atoms with E-state index < -0.39 is 23.9 Å². The number of esters is 1. The van der Waals surface area contributed by atoms with Crippen LogP contribution >= 0.6 is 0 Å². The van der Waals surface area contributed by atoms with Gasteiger partial charge in [-0.1, -0.05) is 0 Å². The molecule has 0 unspecified atom stereocenters. The smallest absolute Gasteiger partial charge is 0.387 e. The van der Waals surface area contributed by atoms with Crippen LogP contribution in [0.5, 0.6) is 5.75 Å². The van der Waals surface area contributed by atoms with E-state index in [4.69, 9.17) is 10.00 Å². The summed E-state index contributed by atoms with van der Waals surface area (Å²) in [5, 5.41) is 8.89. The summed E-state index contributed by atoms with van der Waals surface area (Å²) in [4.78, 5) is 22.5. The normalized spacial score (nSPS) is 9.84. The average Bonchev–Trinajstić information content (AvgIpc) is 2.37. The van der Waals surface area contributed by atoms with Gasteiger partial charge in [-0.05, 0) is 19.1 Å². The van der Waals surface area contributed by atoms with Crippen molar-refractivity contribution in [2.75, 3.05) is 6.61 Å². The van der Waals surface area contributed by atoms with Crippen LogP contribution in [0.2, 0.25) is 0 Å². The van der Waals surface area contributed by atoms with Gasteiger partial charge in [0.15, 0.2) is 6.29 Å². The van der Waals surface area contributed by atoms with Gasteiger partial charge in [-0.15, -0.1) is 0 Å². The Kier molecular flexibility index (Phi) is 4.94. The van der Waals surface area contributed by atoms with Crippen LogP contribution < -0.4 is 4.74 Å². The minimum Gasteiger partial charge on any atom is -0.462 e. The summed E-state index contributed by atoms with van der Waals surface area (Å²) < 4.78 is 33.1. The lowest BCUT2D eigenvalue weighted by Crippen LogP contribution is -2.11. The number of nitriles is 1. The number of benzene rings is 1. The molecule has 0 atom stereocenters. The molecule has 7 heteroatoms. The highest BCUT2D eigenvalue weighted by molar-refractivity contribution is 6.00. The summed E-state index contributed by atoms with van der Waals surface area (Å²) in [5.41, 5.74) is -0.935. The highest BCUT2D eigenvalue weighted by atomic mass is 19.3. The van der Waals surface area contributed by atoms with E-state index in [0.717, 1.165) is 12.1 Å². The zero-order valence-corrected chi connectivity index (χ0v) is 9.85. The van der Waals surface area contributed by atoms with Crippen LogP contribution in [0, 0.1) is 11.3 Å². The number of hydrogen-bond acceptors (Lipinski definition) is 5. The maximum Gasteiger partial charge on any atom is 0.387 e. The largest absolute Gasteiger partial charge is 0.462 e. The molecular weight excluding hydrogens is 260 g/mol. The lowest BCUT2D eigenvalue weighted by Gasteiger charge is -2.10. The second-order valence-corrected chi connectivity index (χ2v) is 3.23. The molecule has 0 aliphatic rings. The molecule has 1 aromatic rings. The maximum atomic E-state index is 12.1. The topological polar surface area (TPSA) is 76.4 Å². The lowest BCUT2D eigenvalue weighted by atomic mass is 10.0. The molecule has 5 nitrogen and oxygen atoms in total. The molecule has 1 aromatic carbocycles. The van der Waals surface area contributed by atoms with Crippen LogP contribution in [0.25, 0.3) is 0 Å². The van der Waals surface area contributed by atoms with Crippen molar-refractivity contribution >= 4 is 12.3 Å². The first-order chi connectivity index (χ1) is 9.04. The average molecular weight is 269 g/mol. The quantitative estimate of drug-likeness (QED) is 0.604. The second kappa shape index (κ2) is 6.44.